The molecule has 0 radical (unpaired) electrons. The quantitative estimate of drug-likeness (QED) is 0.687. The summed E-state index contributed by atoms with van der Waals surface area (Å²) in [5.74, 6) is 0.102. The van der Waals surface area contributed by atoms with Gasteiger partial charge in [-0.05, 0) is 13.8 Å². The first kappa shape index (κ1) is 12.8. The highest BCUT2D eigenvalue weighted by atomic mass is 35.5. The maximum absolute atomic E-state index is 10.9. The molecule has 0 saturated carbocycles. The van der Waals surface area contributed by atoms with Gasteiger partial charge < -0.3 is 5.73 Å². The first-order valence-electron chi connectivity index (χ1n) is 2.92. The zero-order valence-corrected chi connectivity index (χ0v) is 7.83. The Kier molecular flexibility index (Phi) is 6.33. The van der Waals surface area contributed by atoms with Gasteiger partial charge in [0.15, 0.2) is 9.84 Å². The molecule has 0 spiro atoms. The van der Waals surface area contributed by atoms with E-state index < -0.39 is 9.84 Å². The van der Waals surface area contributed by atoms with Gasteiger partial charge in [0.1, 0.15) is 0 Å². The zero-order valence-electron chi connectivity index (χ0n) is 6.20. The summed E-state index contributed by atoms with van der Waals surface area (Å²) in [7, 11) is -2.87. The molecule has 0 bridgehead atoms. The molecule has 2 N–H and O–H groups in total. The van der Waals surface area contributed by atoms with E-state index in [4.69, 9.17) is 5.73 Å². The number of halogens is 1. The van der Waals surface area contributed by atoms with E-state index >= 15 is 0 Å². The number of hydrogen-bond donors (Lipinski definition) is 1. The largest absolute Gasteiger partial charge is 0.329 e. The lowest BCUT2D eigenvalue weighted by molar-refractivity contribution is 0.587. The van der Waals surface area contributed by atoms with Crippen LogP contribution in [0.3, 0.4) is 0 Å². The Labute approximate surface area is 68.3 Å². The van der Waals surface area contributed by atoms with Crippen molar-refractivity contribution in [3.8, 4) is 0 Å². The van der Waals surface area contributed by atoms with E-state index in [1.54, 1.807) is 13.8 Å². The molecule has 0 unspecified atom stereocenters. The van der Waals surface area contributed by atoms with Gasteiger partial charge in [-0.25, -0.2) is 8.42 Å². The van der Waals surface area contributed by atoms with E-state index in [2.05, 4.69) is 0 Å². The molecular weight excluding hydrogens is 174 g/mol. The van der Waals surface area contributed by atoms with Crippen molar-refractivity contribution in [1.29, 1.82) is 0 Å². The maximum Gasteiger partial charge on any atom is 0.153 e. The smallest absolute Gasteiger partial charge is 0.153 e. The highest BCUT2D eigenvalue weighted by Crippen LogP contribution is 1.97. The van der Waals surface area contributed by atoms with Crippen LogP contribution in [0.25, 0.3) is 0 Å². The molecule has 0 amide bonds. The molecule has 0 aliphatic heterocycles. The van der Waals surface area contributed by atoms with Crippen molar-refractivity contribution in [3.63, 3.8) is 0 Å². The summed E-state index contributed by atoms with van der Waals surface area (Å²) in [4.78, 5) is 0. The van der Waals surface area contributed by atoms with Crippen LogP contribution in [0.1, 0.15) is 13.8 Å². The monoisotopic (exact) mass is 187 g/mol. The van der Waals surface area contributed by atoms with Crippen molar-refractivity contribution in [2.75, 3.05) is 12.3 Å². The lowest BCUT2D eigenvalue weighted by atomic mass is 10.6. The van der Waals surface area contributed by atoms with Crippen molar-refractivity contribution >= 4 is 22.2 Å². The predicted octanol–water partition coefficient (Wildman–Crippen LogP) is 0.190. The standard InChI is InChI=1S/C5H13NO2S.ClH/c1-5(2)9(7,8)4-3-6;/h5H,3-4,6H2,1-2H3;1H. The molecule has 3 nitrogen and oxygen atoms in total. The molecule has 64 valence electrons. The summed E-state index contributed by atoms with van der Waals surface area (Å²) in [5.41, 5.74) is 5.07. The van der Waals surface area contributed by atoms with Crippen LogP contribution in [0, 0.1) is 0 Å². The third kappa shape index (κ3) is 4.09. The Morgan fingerprint density at radius 3 is 1.90 bits per heavy atom. The van der Waals surface area contributed by atoms with E-state index in [0.29, 0.717) is 0 Å². The van der Waals surface area contributed by atoms with Gasteiger partial charge in [-0.1, -0.05) is 0 Å². The van der Waals surface area contributed by atoms with Gasteiger partial charge in [-0.2, -0.15) is 0 Å². The van der Waals surface area contributed by atoms with Gasteiger partial charge in [-0.15, -0.1) is 12.4 Å². The Morgan fingerprint density at radius 2 is 1.80 bits per heavy atom. The van der Waals surface area contributed by atoms with Gasteiger partial charge >= 0.3 is 0 Å². The Bertz CT molecular complexity index is 164. The minimum atomic E-state index is -2.87. The van der Waals surface area contributed by atoms with Gasteiger partial charge in [0.25, 0.3) is 0 Å². The minimum absolute atomic E-state index is 0. The van der Waals surface area contributed by atoms with Crippen LogP contribution < -0.4 is 5.73 Å². The molecule has 0 aromatic carbocycles. The molecule has 0 heterocycles. The summed E-state index contributed by atoms with van der Waals surface area (Å²) >= 11 is 0. The van der Waals surface area contributed by atoms with E-state index in [1.807, 2.05) is 0 Å². The van der Waals surface area contributed by atoms with Gasteiger partial charge in [0.05, 0.1) is 11.0 Å². The second kappa shape index (κ2) is 4.93. The number of nitrogens with two attached hydrogens (primary N) is 1. The summed E-state index contributed by atoms with van der Waals surface area (Å²) in [6.07, 6.45) is 0. The fourth-order valence-electron chi connectivity index (χ4n) is 0.400. The van der Waals surface area contributed by atoms with Crippen LogP contribution in [0.15, 0.2) is 0 Å². The molecule has 0 aliphatic rings. The Balaban J connectivity index is 0. The van der Waals surface area contributed by atoms with Crippen LogP contribution in [0.2, 0.25) is 0 Å². The highest BCUT2D eigenvalue weighted by molar-refractivity contribution is 7.91. The van der Waals surface area contributed by atoms with Crippen molar-refractivity contribution < 1.29 is 8.42 Å². The first-order valence-corrected chi connectivity index (χ1v) is 4.64. The Morgan fingerprint density at radius 1 is 1.40 bits per heavy atom. The molecule has 0 saturated heterocycles. The van der Waals surface area contributed by atoms with E-state index in [9.17, 15) is 8.42 Å². The van der Waals surface area contributed by atoms with Crippen LogP contribution >= 0.6 is 12.4 Å². The molecule has 0 atom stereocenters. The van der Waals surface area contributed by atoms with E-state index in [1.165, 1.54) is 0 Å². The summed E-state index contributed by atoms with van der Waals surface area (Å²) in [6.45, 7) is 3.54. The van der Waals surface area contributed by atoms with Crippen LogP contribution in [-0.2, 0) is 9.84 Å². The zero-order chi connectivity index (χ0) is 7.49. The van der Waals surface area contributed by atoms with Gasteiger partial charge in [0.2, 0.25) is 0 Å². The van der Waals surface area contributed by atoms with Crippen molar-refractivity contribution in [2.24, 2.45) is 5.73 Å². The van der Waals surface area contributed by atoms with E-state index in [0.717, 1.165) is 0 Å². The summed E-state index contributed by atoms with van der Waals surface area (Å²) in [6, 6.07) is 0. The average Bonchev–Trinajstić information content (AvgIpc) is 1.65. The SMILES string of the molecule is CC(C)S(=O)(=O)CCN.Cl. The summed E-state index contributed by atoms with van der Waals surface area (Å²) < 4.78 is 21.7. The topological polar surface area (TPSA) is 60.2 Å². The molecule has 10 heavy (non-hydrogen) atoms. The first-order chi connectivity index (χ1) is 4.00. The fourth-order valence-corrected chi connectivity index (χ4v) is 1.20. The van der Waals surface area contributed by atoms with Crippen LogP contribution in [0.4, 0.5) is 0 Å². The second-order valence-corrected chi connectivity index (χ2v) is 4.88. The van der Waals surface area contributed by atoms with Crippen molar-refractivity contribution in [3.05, 3.63) is 0 Å². The maximum atomic E-state index is 10.9. The molecule has 0 rings (SSSR count). The second-order valence-electron chi connectivity index (χ2n) is 2.20. The third-order valence-electron chi connectivity index (χ3n) is 1.12. The lowest BCUT2D eigenvalue weighted by Gasteiger charge is -2.03. The van der Waals surface area contributed by atoms with Crippen molar-refractivity contribution in [1.82, 2.24) is 0 Å². The number of rotatable bonds is 3. The van der Waals surface area contributed by atoms with Gasteiger partial charge in [0, 0.05) is 6.54 Å². The van der Waals surface area contributed by atoms with Crippen molar-refractivity contribution in [2.45, 2.75) is 19.1 Å². The molecule has 0 aromatic rings. The lowest BCUT2D eigenvalue weighted by Crippen LogP contribution is -2.22. The molecule has 0 fully saturated rings. The molecular formula is C5H14ClNO2S. The fraction of sp³-hybridized carbons (Fsp3) is 1.00. The minimum Gasteiger partial charge on any atom is -0.329 e. The normalized spacial score (nSPS) is 11.2. The number of hydrogen-bond acceptors (Lipinski definition) is 3. The molecule has 5 heteroatoms. The highest BCUT2D eigenvalue weighted by Gasteiger charge is 2.13. The molecule has 0 aromatic heterocycles. The Hall–Kier alpha value is 0.200. The average molecular weight is 188 g/mol. The van der Waals surface area contributed by atoms with Gasteiger partial charge in [-0.3, -0.25) is 0 Å². The predicted molar refractivity (Wildman–Crippen MR) is 45.2 cm³/mol. The van der Waals surface area contributed by atoms with E-state index in [-0.39, 0.29) is 30.0 Å². The number of sulfone groups is 1. The van der Waals surface area contributed by atoms with Crippen LogP contribution in [-0.4, -0.2) is 26.0 Å². The summed E-state index contributed by atoms with van der Waals surface area (Å²) in [5, 5.41) is -0.291. The third-order valence-corrected chi connectivity index (χ3v) is 3.36. The molecule has 0 aliphatic carbocycles. The van der Waals surface area contributed by atoms with Crippen LogP contribution in [0.5, 0.6) is 0 Å².